The minimum absolute atomic E-state index is 0.0248. The number of thiophene rings is 1. The molecule has 0 saturated heterocycles. The maximum absolute atomic E-state index is 12.0. The summed E-state index contributed by atoms with van der Waals surface area (Å²) in [6.07, 6.45) is -0.0248. The first-order chi connectivity index (χ1) is 9.54. The van der Waals surface area contributed by atoms with Crippen molar-refractivity contribution in [1.82, 2.24) is 0 Å². The molecule has 5 heteroatoms. The molecule has 3 nitrogen and oxygen atoms in total. The smallest absolute Gasteiger partial charge is 0.308 e. The third kappa shape index (κ3) is 4.21. The van der Waals surface area contributed by atoms with Crippen LogP contribution in [0.3, 0.4) is 0 Å². The number of rotatable bonds is 6. The van der Waals surface area contributed by atoms with Crippen LogP contribution in [-0.2, 0) is 11.2 Å². The van der Waals surface area contributed by atoms with E-state index in [9.17, 15) is 9.59 Å². The van der Waals surface area contributed by atoms with Crippen molar-refractivity contribution in [1.29, 1.82) is 0 Å². The molecule has 0 unspecified atom stereocenters. The van der Waals surface area contributed by atoms with Gasteiger partial charge in [0.05, 0.1) is 17.1 Å². The molecule has 0 atom stereocenters. The molecule has 1 aromatic heterocycles. The Morgan fingerprint density at radius 3 is 2.50 bits per heavy atom. The molecule has 20 heavy (non-hydrogen) atoms. The fourth-order valence-electron chi connectivity index (χ4n) is 1.63. The van der Waals surface area contributed by atoms with Crippen LogP contribution in [0.5, 0.6) is 0 Å². The summed E-state index contributed by atoms with van der Waals surface area (Å²) in [5.74, 6) is -0.465. The third-order valence-electron chi connectivity index (χ3n) is 2.65. The molecule has 0 fully saturated rings. The second-order valence-electron chi connectivity index (χ2n) is 4.36. The van der Waals surface area contributed by atoms with Gasteiger partial charge in [-0.05, 0) is 31.2 Å². The normalized spacial score (nSPS) is 10.4. The van der Waals surface area contributed by atoms with E-state index in [1.807, 2.05) is 31.2 Å². The second kappa shape index (κ2) is 6.72. The Morgan fingerprint density at radius 2 is 1.85 bits per heavy atom. The number of aryl methyl sites for hydroxylation is 1. The minimum Gasteiger partial charge on any atom is -0.481 e. The number of carboxylic acids is 1. The number of thioether (sulfide) groups is 1. The van der Waals surface area contributed by atoms with Gasteiger partial charge in [-0.15, -0.1) is 23.1 Å². The number of carbonyl (C=O) groups excluding carboxylic acids is 1. The average Bonchev–Trinajstić information content (AvgIpc) is 2.85. The zero-order valence-electron chi connectivity index (χ0n) is 11.0. The lowest BCUT2D eigenvalue weighted by Crippen LogP contribution is -1.99. The van der Waals surface area contributed by atoms with E-state index < -0.39 is 5.97 Å². The lowest BCUT2D eigenvalue weighted by molar-refractivity contribution is -0.136. The maximum atomic E-state index is 12.0. The van der Waals surface area contributed by atoms with Crippen LogP contribution < -0.4 is 0 Å². The Kier molecular flexibility index (Phi) is 4.98. The fourth-order valence-corrected chi connectivity index (χ4v) is 3.44. The van der Waals surface area contributed by atoms with Crippen molar-refractivity contribution in [3.8, 4) is 0 Å². The Hall–Kier alpha value is -1.59. The van der Waals surface area contributed by atoms with Gasteiger partial charge < -0.3 is 5.11 Å². The zero-order valence-corrected chi connectivity index (χ0v) is 12.6. The molecule has 104 valence electrons. The van der Waals surface area contributed by atoms with Crippen molar-refractivity contribution in [3.05, 3.63) is 51.7 Å². The Balaban J connectivity index is 1.93. The van der Waals surface area contributed by atoms with Crippen molar-refractivity contribution in [2.24, 2.45) is 0 Å². The summed E-state index contributed by atoms with van der Waals surface area (Å²) >= 11 is 2.76. The summed E-state index contributed by atoms with van der Waals surface area (Å²) in [5.41, 5.74) is 1.19. The number of hydrogen-bond acceptors (Lipinski definition) is 4. The van der Waals surface area contributed by atoms with Gasteiger partial charge in [-0.1, -0.05) is 17.7 Å². The van der Waals surface area contributed by atoms with E-state index >= 15 is 0 Å². The van der Waals surface area contributed by atoms with Crippen LogP contribution in [0.1, 0.15) is 20.1 Å². The van der Waals surface area contributed by atoms with Crippen LogP contribution in [-0.4, -0.2) is 22.6 Å². The number of aliphatic carboxylic acids is 1. The molecule has 2 rings (SSSR count). The van der Waals surface area contributed by atoms with Gasteiger partial charge in [-0.25, -0.2) is 0 Å². The number of carbonyl (C=O) groups is 2. The average molecular weight is 306 g/mol. The minimum atomic E-state index is -0.875. The van der Waals surface area contributed by atoms with E-state index in [2.05, 4.69) is 0 Å². The molecule has 0 spiro atoms. The van der Waals surface area contributed by atoms with Crippen LogP contribution >= 0.6 is 23.1 Å². The Morgan fingerprint density at radius 1 is 1.15 bits per heavy atom. The number of benzene rings is 1. The molecule has 0 amide bonds. The fraction of sp³-hybridized carbons (Fsp3) is 0.200. The second-order valence-corrected chi connectivity index (χ2v) is 6.58. The lowest BCUT2D eigenvalue weighted by Gasteiger charge is -2.00. The van der Waals surface area contributed by atoms with E-state index in [-0.39, 0.29) is 12.2 Å². The summed E-state index contributed by atoms with van der Waals surface area (Å²) in [6.45, 7) is 2.02. The number of hydrogen-bond donors (Lipinski definition) is 1. The van der Waals surface area contributed by atoms with Crippen LogP contribution in [0.15, 0.2) is 41.3 Å². The molecule has 0 radical (unpaired) electrons. The molecular formula is C15H14O3S2. The molecule has 0 aliphatic carbocycles. The highest BCUT2D eigenvalue weighted by Gasteiger charge is 2.11. The van der Waals surface area contributed by atoms with E-state index in [1.165, 1.54) is 28.7 Å². The first-order valence-corrected chi connectivity index (χ1v) is 7.88. The molecular weight excluding hydrogens is 292 g/mol. The lowest BCUT2D eigenvalue weighted by atomic mass is 10.2. The summed E-state index contributed by atoms with van der Waals surface area (Å²) < 4.78 is 0. The predicted octanol–water partition coefficient (Wildman–Crippen LogP) is 3.66. The van der Waals surface area contributed by atoms with Gasteiger partial charge in [0.25, 0.3) is 0 Å². The summed E-state index contributed by atoms with van der Waals surface area (Å²) in [4.78, 5) is 25.0. The van der Waals surface area contributed by atoms with Gasteiger partial charge in [0, 0.05) is 9.77 Å². The van der Waals surface area contributed by atoms with E-state index in [0.717, 1.165) is 4.90 Å². The number of Topliss-reactive ketones (excluding diaryl/α,β-unsaturated/α-hetero) is 1. The SMILES string of the molecule is Cc1ccc(SCC(=O)c2ccc(CC(=O)O)s2)cc1. The molecule has 0 aliphatic heterocycles. The van der Waals surface area contributed by atoms with E-state index in [0.29, 0.717) is 15.5 Å². The molecule has 0 aliphatic rings. The van der Waals surface area contributed by atoms with E-state index in [4.69, 9.17) is 5.11 Å². The summed E-state index contributed by atoms with van der Waals surface area (Å²) in [6, 6.07) is 11.4. The van der Waals surface area contributed by atoms with Crippen LogP contribution in [0, 0.1) is 6.92 Å². The molecule has 2 aromatic rings. The summed E-state index contributed by atoms with van der Waals surface area (Å²) in [7, 11) is 0. The molecule has 1 heterocycles. The monoisotopic (exact) mass is 306 g/mol. The van der Waals surface area contributed by atoms with Crippen molar-refractivity contribution >= 4 is 34.9 Å². The molecule has 1 N–H and O–H groups in total. The first-order valence-electron chi connectivity index (χ1n) is 6.08. The number of ketones is 1. The van der Waals surface area contributed by atoms with Gasteiger partial charge in [0.15, 0.2) is 5.78 Å². The maximum Gasteiger partial charge on any atom is 0.308 e. The summed E-state index contributed by atoms with van der Waals surface area (Å²) in [5, 5.41) is 8.71. The van der Waals surface area contributed by atoms with Gasteiger partial charge in [-0.3, -0.25) is 9.59 Å². The highest BCUT2D eigenvalue weighted by Crippen LogP contribution is 2.23. The highest BCUT2D eigenvalue weighted by molar-refractivity contribution is 8.00. The zero-order chi connectivity index (χ0) is 14.5. The van der Waals surface area contributed by atoms with Gasteiger partial charge >= 0.3 is 5.97 Å². The van der Waals surface area contributed by atoms with Crippen molar-refractivity contribution < 1.29 is 14.7 Å². The van der Waals surface area contributed by atoms with Gasteiger partial charge in [0.2, 0.25) is 0 Å². The quantitative estimate of drug-likeness (QED) is 0.653. The molecule has 0 bridgehead atoms. The van der Waals surface area contributed by atoms with Gasteiger partial charge in [0.1, 0.15) is 0 Å². The largest absolute Gasteiger partial charge is 0.481 e. The number of carboxylic acid groups (broad SMARTS) is 1. The van der Waals surface area contributed by atoms with Crippen molar-refractivity contribution in [2.75, 3.05) is 5.75 Å². The molecule has 1 aromatic carbocycles. The van der Waals surface area contributed by atoms with Crippen LogP contribution in [0.2, 0.25) is 0 Å². The van der Waals surface area contributed by atoms with Crippen molar-refractivity contribution in [3.63, 3.8) is 0 Å². The Labute approximate surface area is 125 Å². The van der Waals surface area contributed by atoms with Crippen molar-refractivity contribution in [2.45, 2.75) is 18.2 Å². The van der Waals surface area contributed by atoms with Gasteiger partial charge in [-0.2, -0.15) is 0 Å². The topological polar surface area (TPSA) is 54.4 Å². The van der Waals surface area contributed by atoms with Crippen LogP contribution in [0.25, 0.3) is 0 Å². The third-order valence-corrected chi connectivity index (χ3v) is 4.79. The Bertz CT molecular complexity index is 614. The van der Waals surface area contributed by atoms with E-state index in [1.54, 1.807) is 12.1 Å². The predicted molar refractivity (Wildman–Crippen MR) is 81.9 cm³/mol. The first kappa shape index (κ1) is 14.8. The standard InChI is InChI=1S/C15H14O3S2/c1-10-2-4-11(5-3-10)19-9-13(16)14-7-6-12(20-14)8-15(17)18/h2-7H,8-9H2,1H3,(H,17,18). The van der Waals surface area contributed by atoms with Crippen LogP contribution in [0.4, 0.5) is 0 Å². The highest BCUT2D eigenvalue weighted by atomic mass is 32.2. The molecule has 0 saturated carbocycles.